The molecule has 0 saturated carbocycles. The van der Waals surface area contributed by atoms with Crippen molar-refractivity contribution in [1.29, 1.82) is 0 Å². The minimum absolute atomic E-state index is 0.549. The van der Waals surface area contributed by atoms with Crippen molar-refractivity contribution < 1.29 is 18.9 Å². The van der Waals surface area contributed by atoms with Crippen LogP contribution in [-0.2, 0) is 0 Å². The van der Waals surface area contributed by atoms with Crippen molar-refractivity contribution >= 4 is 46.4 Å². The summed E-state index contributed by atoms with van der Waals surface area (Å²) in [7, 11) is 0. The SMILES string of the molecule is NCCCOc1ccc(-c2c3nc(c(-c4ccc(OCCCN)cc4)c4ccc([nH]4)c(-c4ccc(OCCCN)cc4)c4nc(c(-c5ccc(OCCCN)cc5)c5ccc2[nH]5)C=C4)C=C3)cc1. The molecular weight excluding hydrogens is 849 g/mol. The second kappa shape index (κ2) is 21.9. The highest BCUT2D eigenvalue weighted by Crippen LogP contribution is 2.39. The van der Waals surface area contributed by atoms with Crippen molar-refractivity contribution in [2.24, 2.45) is 22.9 Å². The number of aromatic amines is 2. The van der Waals surface area contributed by atoms with E-state index in [0.29, 0.717) is 52.6 Å². The zero-order valence-corrected chi connectivity index (χ0v) is 38.2. The van der Waals surface area contributed by atoms with Gasteiger partial charge in [0.15, 0.2) is 0 Å². The van der Waals surface area contributed by atoms with E-state index >= 15 is 0 Å². The van der Waals surface area contributed by atoms with Gasteiger partial charge in [0.2, 0.25) is 0 Å². The first kappa shape index (κ1) is 45.7. The number of ether oxygens (including phenoxy) is 4. The molecule has 68 heavy (non-hydrogen) atoms. The number of nitrogens with zero attached hydrogens (tertiary/aromatic N) is 2. The Labute approximate surface area is 396 Å². The van der Waals surface area contributed by atoms with Crippen molar-refractivity contribution in [2.75, 3.05) is 52.6 Å². The number of aromatic nitrogens is 4. The fourth-order valence-electron chi connectivity index (χ4n) is 8.38. The molecule has 2 aliphatic heterocycles. The summed E-state index contributed by atoms with van der Waals surface area (Å²) in [5, 5.41) is 0. The molecule has 0 amide bonds. The zero-order chi connectivity index (χ0) is 46.7. The van der Waals surface area contributed by atoms with Gasteiger partial charge >= 0.3 is 0 Å². The highest BCUT2D eigenvalue weighted by atomic mass is 16.5. The van der Waals surface area contributed by atoms with Crippen LogP contribution in [0.25, 0.3) is 90.9 Å². The molecule has 12 nitrogen and oxygen atoms in total. The summed E-state index contributed by atoms with van der Waals surface area (Å²) >= 11 is 0. The highest BCUT2D eigenvalue weighted by molar-refractivity contribution is 6.00. The average Bonchev–Trinajstić information content (AvgIpc) is 4.23. The number of nitrogens with two attached hydrogens (primary N) is 4. The van der Waals surface area contributed by atoms with E-state index in [2.05, 4.69) is 107 Å². The topological polar surface area (TPSA) is 198 Å². The number of hydrogen-bond donors (Lipinski definition) is 6. The van der Waals surface area contributed by atoms with Crippen molar-refractivity contribution in [3.8, 4) is 67.5 Å². The molecule has 12 heteroatoms. The third kappa shape index (κ3) is 10.4. The molecule has 346 valence electrons. The molecule has 0 saturated heterocycles. The number of hydrogen-bond acceptors (Lipinski definition) is 10. The Morgan fingerprint density at radius 3 is 0.735 bits per heavy atom. The van der Waals surface area contributed by atoms with Crippen LogP contribution < -0.4 is 41.9 Å². The minimum Gasteiger partial charge on any atom is -0.494 e. The molecule has 7 aromatic rings. The van der Waals surface area contributed by atoms with Gasteiger partial charge in [0.25, 0.3) is 0 Å². The van der Waals surface area contributed by atoms with Crippen LogP contribution in [-0.4, -0.2) is 72.5 Å². The van der Waals surface area contributed by atoms with E-state index in [1.54, 1.807) is 0 Å². The van der Waals surface area contributed by atoms with Crippen LogP contribution >= 0.6 is 0 Å². The minimum atomic E-state index is 0.549. The monoisotopic (exact) mass is 906 g/mol. The van der Waals surface area contributed by atoms with Gasteiger partial charge in [-0.3, -0.25) is 0 Å². The highest BCUT2D eigenvalue weighted by Gasteiger charge is 2.20. The first-order valence-electron chi connectivity index (χ1n) is 23.4. The molecule has 5 heterocycles. The third-order valence-electron chi connectivity index (χ3n) is 11.8. The second-order valence-electron chi connectivity index (χ2n) is 16.6. The van der Waals surface area contributed by atoms with Crippen LogP contribution in [0, 0.1) is 0 Å². The maximum absolute atomic E-state index is 6.02. The van der Waals surface area contributed by atoms with Crippen molar-refractivity contribution in [3.63, 3.8) is 0 Å². The van der Waals surface area contributed by atoms with Crippen LogP contribution in [0.5, 0.6) is 23.0 Å². The number of fused-ring (bicyclic) bond motifs is 8. The van der Waals surface area contributed by atoms with E-state index < -0.39 is 0 Å². The van der Waals surface area contributed by atoms with E-state index in [9.17, 15) is 0 Å². The summed E-state index contributed by atoms with van der Waals surface area (Å²) in [5.74, 6) is 3.11. The third-order valence-corrected chi connectivity index (χ3v) is 11.8. The summed E-state index contributed by atoms with van der Waals surface area (Å²) < 4.78 is 24.1. The molecule has 10 N–H and O–H groups in total. The van der Waals surface area contributed by atoms with Crippen molar-refractivity contribution in [1.82, 2.24) is 19.9 Å². The largest absolute Gasteiger partial charge is 0.494 e. The van der Waals surface area contributed by atoms with Crippen LogP contribution in [0.3, 0.4) is 0 Å². The second-order valence-corrected chi connectivity index (χ2v) is 16.6. The molecule has 9 rings (SSSR count). The van der Waals surface area contributed by atoms with Crippen molar-refractivity contribution in [2.45, 2.75) is 25.7 Å². The Morgan fingerprint density at radius 1 is 0.309 bits per heavy atom. The molecular formula is C56H58N8O4. The molecule has 2 aliphatic rings. The fraction of sp³-hybridized carbons (Fsp3) is 0.214. The number of H-pyrrole nitrogens is 2. The van der Waals surface area contributed by atoms with Gasteiger partial charge in [0.1, 0.15) is 23.0 Å². The van der Waals surface area contributed by atoms with Gasteiger partial charge in [-0.2, -0.15) is 0 Å². The van der Waals surface area contributed by atoms with Crippen molar-refractivity contribution in [3.05, 3.63) is 144 Å². The first-order chi connectivity index (χ1) is 33.5. The van der Waals surface area contributed by atoms with Gasteiger partial charge < -0.3 is 51.9 Å². The number of nitrogens with one attached hydrogen (secondary N) is 2. The average molecular weight is 907 g/mol. The lowest BCUT2D eigenvalue weighted by molar-refractivity contribution is 0.313. The smallest absolute Gasteiger partial charge is 0.119 e. The van der Waals surface area contributed by atoms with E-state index in [0.717, 1.165) is 138 Å². The summed E-state index contributed by atoms with van der Waals surface area (Å²) in [6, 6.07) is 41.2. The standard InChI is InChI=1S/C56H58N8O4/c57-29-1-33-65-41-13-5-37(6-14-41)53-45-21-23-47(61-45)54(38-7-15-42(16-8-38)66-34-2-30-58)49-25-27-51(63-49)56(40-11-19-44(20-12-40)68-36-4-32-60)52-28-26-50(64-52)55(48-24-22-46(53)62-48)39-9-17-43(18-10-39)67-35-3-31-59/h5-28,61,64H,1-4,29-36,57-60H2. The maximum atomic E-state index is 6.02. The van der Waals surface area contributed by atoms with E-state index in [4.69, 9.17) is 51.9 Å². The van der Waals surface area contributed by atoms with Crippen LogP contribution in [0.1, 0.15) is 48.5 Å². The normalized spacial score (nSPS) is 11.8. The van der Waals surface area contributed by atoms with E-state index in [-0.39, 0.29) is 0 Å². The van der Waals surface area contributed by atoms with Gasteiger partial charge in [0, 0.05) is 44.3 Å². The molecule has 4 aromatic carbocycles. The molecule has 0 unspecified atom stereocenters. The molecule has 0 spiro atoms. The summed E-state index contributed by atoms with van der Waals surface area (Å²) in [4.78, 5) is 18.6. The number of rotatable bonds is 20. The molecule has 3 aromatic heterocycles. The summed E-state index contributed by atoms with van der Waals surface area (Å²) in [6.07, 6.45) is 11.5. The van der Waals surface area contributed by atoms with Gasteiger partial charge in [-0.15, -0.1) is 0 Å². The molecule has 0 radical (unpaired) electrons. The summed E-state index contributed by atoms with van der Waals surface area (Å²) in [6.45, 7) is 4.47. The molecule has 0 atom stereocenters. The fourth-order valence-corrected chi connectivity index (χ4v) is 8.38. The lowest BCUT2D eigenvalue weighted by Crippen LogP contribution is -2.05. The molecule has 8 bridgehead atoms. The maximum Gasteiger partial charge on any atom is 0.119 e. The predicted molar refractivity (Wildman–Crippen MR) is 277 cm³/mol. The van der Waals surface area contributed by atoms with E-state index in [1.807, 2.05) is 48.5 Å². The number of benzene rings is 4. The molecule has 0 fully saturated rings. The zero-order valence-electron chi connectivity index (χ0n) is 38.2. The van der Waals surface area contributed by atoms with Gasteiger partial charge in [-0.1, -0.05) is 48.5 Å². The van der Waals surface area contributed by atoms with Crippen LogP contribution in [0.4, 0.5) is 0 Å². The Bertz CT molecular complexity index is 2640. The Balaban J connectivity index is 1.31. The lowest BCUT2D eigenvalue weighted by Gasteiger charge is -2.10. The predicted octanol–water partition coefficient (Wildman–Crippen LogP) is 10.2. The summed E-state index contributed by atoms with van der Waals surface area (Å²) in [5.41, 5.74) is 37.4. The quantitative estimate of drug-likeness (QED) is 0.0400. The van der Waals surface area contributed by atoms with Gasteiger partial charge in [-0.05, 0) is 171 Å². The van der Waals surface area contributed by atoms with Gasteiger partial charge in [0.05, 0.1) is 49.2 Å². The Kier molecular flexibility index (Phi) is 14.7. The Hall–Kier alpha value is -7.48. The van der Waals surface area contributed by atoms with E-state index in [1.165, 1.54) is 0 Å². The van der Waals surface area contributed by atoms with Crippen LogP contribution in [0.2, 0.25) is 0 Å². The molecule has 0 aliphatic carbocycles. The Morgan fingerprint density at radius 2 is 0.529 bits per heavy atom. The van der Waals surface area contributed by atoms with Crippen LogP contribution in [0.15, 0.2) is 121 Å². The lowest BCUT2D eigenvalue weighted by atomic mass is 10.0. The first-order valence-corrected chi connectivity index (χ1v) is 23.4. The van der Waals surface area contributed by atoms with Gasteiger partial charge in [-0.25, -0.2) is 9.97 Å².